The summed E-state index contributed by atoms with van der Waals surface area (Å²) >= 11 is 3.55. The molecule has 3 rings (SSSR count). The van der Waals surface area contributed by atoms with Gasteiger partial charge in [0.25, 0.3) is 0 Å². The molecule has 0 fully saturated rings. The van der Waals surface area contributed by atoms with E-state index >= 15 is 0 Å². The Morgan fingerprint density at radius 1 is 1.09 bits per heavy atom. The van der Waals surface area contributed by atoms with Crippen LogP contribution in [0.3, 0.4) is 0 Å². The Morgan fingerprint density at radius 3 is 2.59 bits per heavy atom. The minimum absolute atomic E-state index is 0.659. The number of aromatic nitrogens is 1. The Balaban J connectivity index is 2.06. The fourth-order valence-electron chi connectivity index (χ4n) is 2.43. The highest BCUT2D eigenvalue weighted by Crippen LogP contribution is 2.38. The summed E-state index contributed by atoms with van der Waals surface area (Å²) in [4.78, 5) is 5.60. The molecule has 0 saturated heterocycles. The van der Waals surface area contributed by atoms with E-state index in [2.05, 4.69) is 50.1 Å². The normalized spacial score (nSPS) is 11.3. The zero-order valence-corrected chi connectivity index (χ0v) is 14.4. The van der Waals surface area contributed by atoms with Gasteiger partial charge in [-0.15, -0.1) is 0 Å². The molecule has 0 saturated carbocycles. The number of fused-ring (bicyclic) bond motifs is 1. The molecule has 0 amide bonds. The van der Waals surface area contributed by atoms with E-state index in [-0.39, 0.29) is 0 Å². The Hall–Kier alpha value is -1.78. The van der Waals surface area contributed by atoms with Gasteiger partial charge in [-0.1, -0.05) is 46.3 Å². The number of hydrogen-bond acceptors (Lipinski definition) is 2. The second kappa shape index (κ2) is 6.55. The molecule has 22 heavy (non-hydrogen) atoms. The molecule has 0 aliphatic carbocycles. The summed E-state index contributed by atoms with van der Waals surface area (Å²) in [6, 6.07) is 16.5. The lowest BCUT2D eigenvalue weighted by molar-refractivity contribution is 0.264. The first-order valence-electron chi connectivity index (χ1n) is 7.29. The van der Waals surface area contributed by atoms with Gasteiger partial charge in [-0.25, -0.2) is 0 Å². The molecule has 0 spiro atoms. The highest BCUT2D eigenvalue weighted by molar-refractivity contribution is 9.10. The van der Waals surface area contributed by atoms with Crippen molar-refractivity contribution in [3.63, 3.8) is 0 Å². The van der Waals surface area contributed by atoms with Gasteiger partial charge >= 0.3 is 0 Å². The Kier molecular flexibility index (Phi) is 4.50. The number of rotatable bonds is 5. The molecule has 0 bridgehead atoms. The van der Waals surface area contributed by atoms with Crippen molar-refractivity contribution in [3.05, 3.63) is 53.0 Å². The first kappa shape index (κ1) is 15.1. The highest BCUT2D eigenvalue weighted by atomic mass is 79.9. The van der Waals surface area contributed by atoms with E-state index in [0.29, 0.717) is 6.61 Å². The number of nitrogens with one attached hydrogen (secondary N) is 1. The molecule has 0 radical (unpaired) electrons. The lowest BCUT2D eigenvalue weighted by atomic mass is 10.1. The summed E-state index contributed by atoms with van der Waals surface area (Å²) in [5.41, 5.74) is 3.25. The smallest absolute Gasteiger partial charge is 0.152 e. The molecule has 0 atom stereocenters. The summed E-state index contributed by atoms with van der Waals surface area (Å²) < 4.78 is 7.17. The Bertz CT molecular complexity index is 765. The van der Waals surface area contributed by atoms with E-state index in [1.807, 2.05) is 38.4 Å². The predicted molar refractivity (Wildman–Crippen MR) is 95.5 cm³/mol. The zero-order chi connectivity index (χ0) is 15.5. The van der Waals surface area contributed by atoms with Crippen LogP contribution >= 0.6 is 15.9 Å². The van der Waals surface area contributed by atoms with Gasteiger partial charge in [0.05, 0.1) is 5.69 Å². The van der Waals surface area contributed by atoms with E-state index < -0.39 is 0 Å². The van der Waals surface area contributed by atoms with Crippen molar-refractivity contribution in [1.29, 1.82) is 0 Å². The second-order valence-corrected chi connectivity index (χ2v) is 6.45. The molecular formula is C18H19BrN2O. The average Bonchev–Trinajstić information content (AvgIpc) is 2.86. The molecule has 0 unspecified atom stereocenters. The summed E-state index contributed by atoms with van der Waals surface area (Å²) in [6.07, 6.45) is 0. The molecule has 1 aromatic heterocycles. The van der Waals surface area contributed by atoms with Crippen LogP contribution in [0.15, 0.2) is 53.0 Å². The van der Waals surface area contributed by atoms with Crippen LogP contribution in [-0.2, 0) is 0 Å². The van der Waals surface area contributed by atoms with E-state index in [0.717, 1.165) is 38.9 Å². The largest absolute Gasteiger partial charge is 0.489 e. The molecule has 3 nitrogen and oxygen atoms in total. The van der Waals surface area contributed by atoms with Crippen molar-refractivity contribution in [2.45, 2.75) is 0 Å². The quantitative estimate of drug-likeness (QED) is 0.725. The lowest BCUT2D eigenvalue weighted by Gasteiger charge is -2.12. The van der Waals surface area contributed by atoms with Crippen LogP contribution in [0.25, 0.3) is 22.2 Å². The zero-order valence-electron chi connectivity index (χ0n) is 12.8. The number of hydrogen-bond donors (Lipinski definition) is 1. The van der Waals surface area contributed by atoms with E-state index in [4.69, 9.17) is 4.74 Å². The maximum Gasteiger partial charge on any atom is 0.152 e. The number of ether oxygens (including phenoxy) is 1. The number of likely N-dealkylation sites (N-methyl/N-ethyl adjacent to an activating group) is 1. The molecule has 1 heterocycles. The molecule has 3 aromatic rings. The molecule has 2 aromatic carbocycles. The Morgan fingerprint density at radius 2 is 1.86 bits per heavy atom. The van der Waals surface area contributed by atoms with Gasteiger partial charge in [-0.05, 0) is 32.3 Å². The predicted octanol–water partition coefficient (Wildman–Crippen LogP) is 4.54. The number of benzene rings is 2. The van der Waals surface area contributed by atoms with Crippen LogP contribution in [0.4, 0.5) is 0 Å². The summed E-state index contributed by atoms with van der Waals surface area (Å²) in [6.45, 7) is 1.54. The van der Waals surface area contributed by atoms with Crippen molar-refractivity contribution >= 4 is 26.8 Å². The van der Waals surface area contributed by atoms with Crippen molar-refractivity contribution in [1.82, 2.24) is 9.88 Å². The third-order valence-electron chi connectivity index (χ3n) is 3.56. The van der Waals surface area contributed by atoms with Gasteiger partial charge in [-0.2, -0.15) is 0 Å². The number of aromatic amines is 1. The maximum absolute atomic E-state index is 6.12. The fraction of sp³-hybridized carbons (Fsp3) is 0.222. The van der Waals surface area contributed by atoms with Gasteiger partial charge in [0, 0.05) is 27.5 Å². The number of H-pyrrole nitrogens is 1. The van der Waals surface area contributed by atoms with Crippen LogP contribution in [0, 0.1) is 0 Å². The van der Waals surface area contributed by atoms with Crippen molar-refractivity contribution in [3.8, 4) is 17.0 Å². The minimum Gasteiger partial charge on any atom is -0.489 e. The highest BCUT2D eigenvalue weighted by Gasteiger charge is 2.15. The minimum atomic E-state index is 0.659. The summed E-state index contributed by atoms with van der Waals surface area (Å²) in [7, 11) is 4.10. The van der Waals surface area contributed by atoms with E-state index in [1.54, 1.807) is 0 Å². The van der Waals surface area contributed by atoms with Gasteiger partial charge < -0.3 is 14.6 Å². The van der Waals surface area contributed by atoms with E-state index in [9.17, 15) is 0 Å². The first-order valence-corrected chi connectivity index (χ1v) is 8.08. The third kappa shape index (κ3) is 3.18. The van der Waals surface area contributed by atoms with Crippen molar-refractivity contribution in [2.24, 2.45) is 0 Å². The third-order valence-corrected chi connectivity index (χ3v) is 4.05. The molecule has 0 aliphatic rings. The van der Waals surface area contributed by atoms with Crippen LogP contribution in [0.2, 0.25) is 0 Å². The molecule has 4 heteroatoms. The first-order chi connectivity index (χ1) is 10.6. The molecular weight excluding hydrogens is 340 g/mol. The lowest BCUT2D eigenvalue weighted by Crippen LogP contribution is -2.19. The van der Waals surface area contributed by atoms with Crippen molar-refractivity contribution in [2.75, 3.05) is 27.2 Å². The molecule has 1 N–H and O–H groups in total. The molecule has 0 aliphatic heterocycles. The average molecular weight is 359 g/mol. The van der Waals surface area contributed by atoms with Gasteiger partial charge in [0.15, 0.2) is 5.75 Å². The summed E-state index contributed by atoms with van der Waals surface area (Å²) in [5, 5.41) is 1.10. The van der Waals surface area contributed by atoms with Gasteiger partial charge in [0.2, 0.25) is 0 Å². The topological polar surface area (TPSA) is 28.3 Å². The Labute approximate surface area is 139 Å². The van der Waals surface area contributed by atoms with Crippen LogP contribution in [-0.4, -0.2) is 37.1 Å². The number of halogens is 1. The van der Waals surface area contributed by atoms with Crippen LogP contribution < -0.4 is 4.74 Å². The second-order valence-electron chi connectivity index (χ2n) is 5.54. The fourth-order valence-corrected chi connectivity index (χ4v) is 2.79. The van der Waals surface area contributed by atoms with Gasteiger partial charge in [0.1, 0.15) is 6.61 Å². The monoisotopic (exact) mass is 358 g/mol. The van der Waals surface area contributed by atoms with Crippen LogP contribution in [0.1, 0.15) is 0 Å². The van der Waals surface area contributed by atoms with Crippen LogP contribution in [0.5, 0.6) is 5.75 Å². The van der Waals surface area contributed by atoms with E-state index in [1.165, 1.54) is 0 Å². The number of nitrogens with zero attached hydrogens (tertiary/aromatic N) is 1. The molecule has 114 valence electrons. The van der Waals surface area contributed by atoms with Gasteiger partial charge in [-0.3, -0.25) is 0 Å². The summed E-state index contributed by atoms with van der Waals surface area (Å²) in [5.74, 6) is 0.921. The van der Waals surface area contributed by atoms with Crippen molar-refractivity contribution < 1.29 is 4.74 Å². The standard InChI is InChI=1S/C18H19BrN2O/c1-21(2)10-11-22-18-15-12-14(19)8-9-16(15)20-17(18)13-6-4-3-5-7-13/h3-9,12,20H,10-11H2,1-2H3. The SMILES string of the molecule is CN(C)CCOc1c(-c2ccccc2)[nH]c2ccc(Br)cc12. The maximum atomic E-state index is 6.12.